The van der Waals surface area contributed by atoms with Crippen LogP contribution in [0, 0.1) is 41.4 Å². The Morgan fingerprint density at radius 2 is 1.90 bits per heavy atom. The Balaban J connectivity index is 1.47. The molecule has 1 aromatic heterocycles. The zero-order valence-corrected chi connectivity index (χ0v) is 18.4. The number of fused-ring (bicyclic) bond motifs is 5. The quantitative estimate of drug-likeness (QED) is 0.701. The Kier molecular flexibility index (Phi) is 4.40. The minimum Gasteiger partial charge on any atom is -0.393 e. The van der Waals surface area contributed by atoms with Gasteiger partial charge in [0.2, 0.25) is 0 Å². The lowest BCUT2D eigenvalue weighted by atomic mass is 9.45. The molecule has 0 bridgehead atoms. The van der Waals surface area contributed by atoms with E-state index in [0.717, 1.165) is 48.4 Å². The first-order valence-electron chi connectivity index (χ1n) is 11.6. The molecule has 4 fully saturated rings. The van der Waals surface area contributed by atoms with E-state index in [2.05, 4.69) is 31.9 Å². The zero-order chi connectivity index (χ0) is 20.6. The van der Waals surface area contributed by atoms with Crippen LogP contribution in [0.5, 0.6) is 0 Å². The maximum Gasteiger partial charge on any atom is 0.159 e. The second-order valence-electron chi connectivity index (χ2n) is 11.1. The highest BCUT2D eigenvalue weighted by atomic mass is 16.3. The fourth-order valence-electron chi connectivity index (χ4n) is 7.96. The number of aryl methyl sites for hydroxylation is 1. The molecular weight excluding hydrogens is 360 g/mol. The molecule has 4 aliphatic rings. The molecule has 0 aromatic carbocycles. The largest absolute Gasteiger partial charge is 0.393 e. The predicted octanol–water partition coefficient (Wildman–Crippen LogP) is 4.69. The van der Waals surface area contributed by atoms with Crippen LogP contribution in [-0.4, -0.2) is 26.8 Å². The van der Waals surface area contributed by atoms with Crippen LogP contribution in [0.1, 0.15) is 76.5 Å². The molecule has 4 saturated carbocycles. The summed E-state index contributed by atoms with van der Waals surface area (Å²) >= 11 is 0. The predicted molar refractivity (Wildman–Crippen MR) is 114 cm³/mol. The molecule has 5 rings (SSSR count). The summed E-state index contributed by atoms with van der Waals surface area (Å²) in [4.78, 5) is 13.0. The van der Waals surface area contributed by atoms with Gasteiger partial charge >= 0.3 is 0 Å². The van der Waals surface area contributed by atoms with E-state index >= 15 is 0 Å². The smallest absolute Gasteiger partial charge is 0.159 e. The van der Waals surface area contributed by atoms with Gasteiger partial charge in [-0.15, -0.1) is 0 Å². The first-order valence-corrected chi connectivity index (χ1v) is 11.6. The number of carbonyl (C=O) groups excluding carboxylic acids is 1. The lowest BCUT2D eigenvalue weighted by molar-refractivity contribution is -0.134. The van der Waals surface area contributed by atoms with Crippen molar-refractivity contribution in [3.63, 3.8) is 0 Å². The van der Waals surface area contributed by atoms with Gasteiger partial charge in [0.25, 0.3) is 0 Å². The highest BCUT2D eigenvalue weighted by Gasteiger charge is 2.60. The van der Waals surface area contributed by atoms with Gasteiger partial charge in [-0.25, -0.2) is 0 Å². The van der Waals surface area contributed by atoms with Crippen molar-refractivity contribution in [2.45, 2.75) is 78.2 Å². The summed E-state index contributed by atoms with van der Waals surface area (Å²) in [6.07, 6.45) is 12.5. The van der Waals surface area contributed by atoms with E-state index in [-0.39, 0.29) is 16.9 Å². The number of aliphatic hydroxyl groups excluding tert-OH is 1. The third-order valence-corrected chi connectivity index (χ3v) is 9.98. The van der Waals surface area contributed by atoms with Gasteiger partial charge < -0.3 is 5.11 Å². The van der Waals surface area contributed by atoms with E-state index in [9.17, 15) is 9.90 Å². The van der Waals surface area contributed by atoms with Crippen LogP contribution in [0.4, 0.5) is 0 Å². The topological polar surface area (TPSA) is 55.1 Å². The highest BCUT2D eigenvalue weighted by molar-refractivity contribution is 6.00. The normalized spacial score (nSPS) is 45.8. The SMILES string of the molecule is Cc1c(/C=C2/C[C@@]3(C)[C@H](CC[C@@H]4[C@@H]3CC[C@]3(C)[C@H](O)CC[C@@H]43)CC2=O)cnn1C. The van der Waals surface area contributed by atoms with Crippen molar-refractivity contribution in [3.8, 4) is 0 Å². The van der Waals surface area contributed by atoms with Crippen molar-refractivity contribution in [2.24, 2.45) is 41.5 Å². The van der Waals surface area contributed by atoms with Gasteiger partial charge in [0.15, 0.2) is 5.78 Å². The number of ketones is 1. The highest BCUT2D eigenvalue weighted by Crippen LogP contribution is 2.66. The molecule has 0 unspecified atom stereocenters. The molecule has 4 heteroatoms. The van der Waals surface area contributed by atoms with Crippen LogP contribution in [0.2, 0.25) is 0 Å². The third-order valence-electron chi connectivity index (χ3n) is 9.98. The summed E-state index contributed by atoms with van der Waals surface area (Å²) in [6, 6.07) is 0. The molecule has 0 spiro atoms. The Hall–Kier alpha value is -1.42. The van der Waals surface area contributed by atoms with Crippen molar-refractivity contribution >= 4 is 11.9 Å². The van der Waals surface area contributed by atoms with Crippen molar-refractivity contribution < 1.29 is 9.90 Å². The van der Waals surface area contributed by atoms with Crippen LogP contribution >= 0.6 is 0 Å². The summed E-state index contributed by atoms with van der Waals surface area (Å²) in [5.74, 6) is 2.96. The van der Waals surface area contributed by atoms with E-state index in [4.69, 9.17) is 0 Å². The van der Waals surface area contributed by atoms with E-state index in [1.54, 1.807) is 0 Å². The summed E-state index contributed by atoms with van der Waals surface area (Å²) in [5.41, 5.74) is 3.56. The van der Waals surface area contributed by atoms with Crippen molar-refractivity contribution in [3.05, 3.63) is 23.0 Å². The molecule has 1 heterocycles. The Morgan fingerprint density at radius 3 is 2.62 bits per heavy atom. The molecule has 0 amide bonds. The lowest BCUT2D eigenvalue weighted by Crippen LogP contribution is -2.54. The Morgan fingerprint density at radius 1 is 1.14 bits per heavy atom. The first kappa shape index (κ1) is 19.5. The van der Waals surface area contributed by atoms with Crippen LogP contribution in [0.3, 0.4) is 0 Å². The van der Waals surface area contributed by atoms with E-state index in [1.807, 2.05) is 17.9 Å². The third kappa shape index (κ3) is 2.74. The first-order chi connectivity index (χ1) is 13.7. The van der Waals surface area contributed by atoms with Gasteiger partial charge in [0.05, 0.1) is 12.3 Å². The fourth-order valence-corrected chi connectivity index (χ4v) is 7.96. The summed E-state index contributed by atoms with van der Waals surface area (Å²) < 4.78 is 1.88. The minimum absolute atomic E-state index is 0.115. The van der Waals surface area contributed by atoms with Crippen LogP contribution in [0.15, 0.2) is 11.8 Å². The van der Waals surface area contributed by atoms with Crippen LogP contribution in [0.25, 0.3) is 6.08 Å². The molecule has 7 atom stereocenters. The molecule has 0 radical (unpaired) electrons. The average Bonchev–Trinajstić information content (AvgIpc) is 3.16. The Labute approximate surface area is 174 Å². The summed E-state index contributed by atoms with van der Waals surface area (Å²) in [7, 11) is 1.96. The molecule has 158 valence electrons. The maximum atomic E-state index is 13.0. The van der Waals surface area contributed by atoms with Gasteiger partial charge in [-0.1, -0.05) is 13.8 Å². The molecule has 29 heavy (non-hydrogen) atoms. The number of carbonyl (C=O) groups is 1. The molecule has 1 N–H and O–H groups in total. The number of aromatic nitrogens is 2. The standard InChI is InChI=1S/C25H36N2O2/c1-15-17(14-26-27(15)4)11-16-13-25(3)18(12-22(16)28)5-6-19-20-7-8-23(29)24(20,2)10-9-21(19)25/h11,14,18-21,23,29H,5-10,12-13H2,1-4H3/b16-11-/t18-,19+,20+,21+,23-,24+,25+/m1/s1. The second-order valence-corrected chi connectivity index (χ2v) is 11.1. The average molecular weight is 397 g/mol. The number of hydrogen-bond donors (Lipinski definition) is 1. The molecule has 4 aliphatic carbocycles. The molecule has 0 saturated heterocycles. The van der Waals surface area contributed by atoms with Crippen molar-refractivity contribution in [1.82, 2.24) is 9.78 Å². The van der Waals surface area contributed by atoms with Gasteiger partial charge in [-0.2, -0.15) is 5.10 Å². The van der Waals surface area contributed by atoms with Crippen molar-refractivity contribution in [1.29, 1.82) is 0 Å². The zero-order valence-electron chi connectivity index (χ0n) is 18.4. The number of allylic oxidation sites excluding steroid dienone is 1. The second kappa shape index (κ2) is 6.54. The summed E-state index contributed by atoms with van der Waals surface area (Å²) in [6.45, 7) is 6.90. The maximum absolute atomic E-state index is 13.0. The molecular formula is C25H36N2O2. The fraction of sp³-hybridized carbons (Fsp3) is 0.760. The van der Waals surface area contributed by atoms with Gasteiger partial charge in [-0.05, 0) is 98.0 Å². The van der Waals surface area contributed by atoms with Crippen molar-refractivity contribution in [2.75, 3.05) is 0 Å². The van der Waals surface area contributed by atoms with E-state index in [1.165, 1.54) is 25.7 Å². The van der Waals surface area contributed by atoms with Gasteiger partial charge in [0, 0.05) is 24.7 Å². The number of rotatable bonds is 1. The number of aliphatic hydroxyl groups is 1. The molecule has 1 aromatic rings. The Bertz CT molecular complexity index is 870. The van der Waals surface area contributed by atoms with Gasteiger partial charge in [0.1, 0.15) is 0 Å². The monoisotopic (exact) mass is 396 g/mol. The van der Waals surface area contributed by atoms with Crippen LogP contribution < -0.4 is 0 Å². The van der Waals surface area contributed by atoms with Crippen LogP contribution in [-0.2, 0) is 11.8 Å². The number of nitrogens with zero attached hydrogens (tertiary/aromatic N) is 2. The molecule has 0 aliphatic heterocycles. The number of hydrogen-bond acceptors (Lipinski definition) is 3. The van der Waals surface area contributed by atoms with E-state index < -0.39 is 0 Å². The molecule has 4 nitrogen and oxygen atoms in total. The summed E-state index contributed by atoms with van der Waals surface area (Å²) in [5, 5.41) is 15.0. The van der Waals surface area contributed by atoms with E-state index in [0.29, 0.717) is 23.5 Å². The van der Waals surface area contributed by atoms with Gasteiger partial charge in [-0.3, -0.25) is 9.48 Å². The number of Topliss-reactive ketones (excluding diaryl/α,β-unsaturated/α-hetero) is 1. The lowest BCUT2D eigenvalue weighted by Gasteiger charge is -2.60. The minimum atomic E-state index is -0.115.